The quantitative estimate of drug-likeness (QED) is 0.539. The second-order valence-corrected chi connectivity index (χ2v) is 3.67. The van der Waals surface area contributed by atoms with Gasteiger partial charge in [-0.15, -0.1) is 0 Å². The van der Waals surface area contributed by atoms with Crippen molar-refractivity contribution in [1.29, 1.82) is 0 Å². The number of hydrogen-bond donors (Lipinski definition) is 0. The Kier molecular flexibility index (Phi) is 6.69. The maximum absolute atomic E-state index is 2.32. The highest BCUT2D eigenvalue weighted by Gasteiger charge is 2.11. The molecule has 0 atom stereocenters. The van der Waals surface area contributed by atoms with Crippen LogP contribution in [0.3, 0.4) is 0 Å². The Bertz CT molecular complexity index is 74.1. The van der Waals surface area contributed by atoms with Crippen molar-refractivity contribution in [3.8, 4) is 0 Å². The molecule has 0 heterocycles. The third-order valence-corrected chi connectivity index (χ3v) is 2.24. The summed E-state index contributed by atoms with van der Waals surface area (Å²) in [6, 6.07) is 0. The smallest absolute Gasteiger partial charge is 0.0216 e. The molecule has 0 saturated heterocycles. The fraction of sp³-hybridized carbons (Fsp3) is 0.909. The fourth-order valence-electron chi connectivity index (χ4n) is 1.43. The van der Waals surface area contributed by atoms with Gasteiger partial charge in [-0.2, -0.15) is 0 Å². The molecule has 0 aromatic heterocycles. The van der Waals surface area contributed by atoms with Gasteiger partial charge in [0, 0.05) is 0 Å². The van der Waals surface area contributed by atoms with Crippen LogP contribution in [0.5, 0.6) is 0 Å². The minimum Gasteiger partial charge on any atom is -0.0654 e. The normalized spacial score (nSPS) is 11.5. The largest absolute Gasteiger partial charge is 0.0654 e. The van der Waals surface area contributed by atoms with Gasteiger partial charge in [0.2, 0.25) is 0 Å². The number of unbranched alkanes of at least 4 members (excludes halogenated alkanes) is 1. The van der Waals surface area contributed by atoms with Crippen molar-refractivity contribution in [1.82, 2.24) is 0 Å². The lowest BCUT2D eigenvalue weighted by molar-refractivity contribution is 0.527. The van der Waals surface area contributed by atoms with Crippen LogP contribution in [0.1, 0.15) is 59.8 Å². The summed E-state index contributed by atoms with van der Waals surface area (Å²) in [6.07, 6.45) is 6.74. The van der Waals surface area contributed by atoms with E-state index in [4.69, 9.17) is 0 Å². The highest BCUT2D eigenvalue weighted by atomic mass is 14.2. The Hall–Kier alpha value is 0. The van der Waals surface area contributed by atoms with Crippen molar-refractivity contribution in [2.24, 2.45) is 5.92 Å². The Labute approximate surface area is 72.4 Å². The first-order valence-electron chi connectivity index (χ1n) is 5.06. The molecule has 67 valence electrons. The van der Waals surface area contributed by atoms with Crippen LogP contribution in [0.25, 0.3) is 0 Å². The van der Waals surface area contributed by atoms with Gasteiger partial charge in [0.1, 0.15) is 0 Å². The summed E-state index contributed by atoms with van der Waals surface area (Å²) in [5.41, 5.74) is 0. The maximum Gasteiger partial charge on any atom is -0.0216 e. The molecule has 0 aromatic carbocycles. The Morgan fingerprint density at radius 3 is 2.00 bits per heavy atom. The molecule has 0 aliphatic carbocycles. The van der Waals surface area contributed by atoms with E-state index in [0.29, 0.717) is 0 Å². The average Bonchev–Trinajstić information content (AvgIpc) is 1.97. The van der Waals surface area contributed by atoms with E-state index in [2.05, 4.69) is 27.7 Å². The second kappa shape index (κ2) is 6.69. The lowest BCUT2D eigenvalue weighted by Crippen LogP contribution is -2.05. The van der Waals surface area contributed by atoms with Crippen molar-refractivity contribution in [3.63, 3.8) is 0 Å². The Balaban J connectivity index is 3.51. The summed E-state index contributed by atoms with van der Waals surface area (Å²) in [5, 5.41) is 0. The van der Waals surface area contributed by atoms with Crippen molar-refractivity contribution >= 4 is 0 Å². The molecule has 0 heteroatoms. The summed E-state index contributed by atoms with van der Waals surface area (Å²) in [6.45, 7) is 9.18. The summed E-state index contributed by atoms with van der Waals surface area (Å²) in [5.74, 6) is 2.58. The van der Waals surface area contributed by atoms with Gasteiger partial charge in [-0.25, -0.2) is 0 Å². The van der Waals surface area contributed by atoms with Crippen LogP contribution in [0.15, 0.2) is 0 Å². The van der Waals surface area contributed by atoms with E-state index >= 15 is 0 Å². The van der Waals surface area contributed by atoms with Crippen molar-refractivity contribution < 1.29 is 0 Å². The molecule has 0 saturated carbocycles. The second-order valence-electron chi connectivity index (χ2n) is 3.67. The fourth-order valence-corrected chi connectivity index (χ4v) is 1.43. The van der Waals surface area contributed by atoms with Gasteiger partial charge in [0.25, 0.3) is 0 Å². The zero-order valence-corrected chi connectivity index (χ0v) is 8.61. The van der Waals surface area contributed by atoms with Gasteiger partial charge < -0.3 is 0 Å². The minimum absolute atomic E-state index is 0.807. The van der Waals surface area contributed by atoms with Gasteiger partial charge >= 0.3 is 0 Å². The SMILES string of the molecule is CCCC[C](CCC)C(C)C. The van der Waals surface area contributed by atoms with Crippen molar-refractivity contribution in [3.05, 3.63) is 5.92 Å². The molecule has 0 aromatic rings. The van der Waals surface area contributed by atoms with Crippen LogP contribution >= 0.6 is 0 Å². The van der Waals surface area contributed by atoms with Crippen LogP contribution in [0.4, 0.5) is 0 Å². The highest BCUT2D eigenvalue weighted by molar-refractivity contribution is 4.91. The van der Waals surface area contributed by atoms with Crippen molar-refractivity contribution in [2.75, 3.05) is 0 Å². The third kappa shape index (κ3) is 5.29. The molecule has 0 unspecified atom stereocenters. The zero-order chi connectivity index (χ0) is 8.69. The first-order valence-corrected chi connectivity index (χ1v) is 5.06. The maximum atomic E-state index is 2.32. The summed E-state index contributed by atoms with van der Waals surface area (Å²) < 4.78 is 0. The molecule has 0 fully saturated rings. The van der Waals surface area contributed by atoms with Gasteiger partial charge in [0.05, 0.1) is 0 Å². The van der Waals surface area contributed by atoms with Crippen LogP contribution in [0.2, 0.25) is 0 Å². The Morgan fingerprint density at radius 1 is 1.00 bits per heavy atom. The van der Waals surface area contributed by atoms with E-state index in [1.165, 1.54) is 32.1 Å². The molecule has 0 N–H and O–H groups in total. The monoisotopic (exact) mass is 155 g/mol. The van der Waals surface area contributed by atoms with Gasteiger partial charge in [-0.3, -0.25) is 0 Å². The molecule has 0 spiro atoms. The predicted molar refractivity (Wildman–Crippen MR) is 52.5 cm³/mol. The summed E-state index contributed by atoms with van der Waals surface area (Å²) in [4.78, 5) is 0. The van der Waals surface area contributed by atoms with Gasteiger partial charge in [-0.05, 0) is 24.7 Å². The summed E-state index contributed by atoms with van der Waals surface area (Å²) >= 11 is 0. The molecule has 0 nitrogen and oxygen atoms in total. The number of hydrogen-bond acceptors (Lipinski definition) is 0. The van der Waals surface area contributed by atoms with Gasteiger partial charge in [-0.1, -0.05) is 47.0 Å². The highest BCUT2D eigenvalue weighted by Crippen LogP contribution is 2.25. The first kappa shape index (κ1) is 11.0. The zero-order valence-electron chi connectivity index (χ0n) is 8.61. The minimum atomic E-state index is 0.807. The van der Waals surface area contributed by atoms with Gasteiger partial charge in [0.15, 0.2) is 0 Å². The van der Waals surface area contributed by atoms with Crippen LogP contribution in [-0.2, 0) is 0 Å². The van der Waals surface area contributed by atoms with Crippen LogP contribution in [-0.4, -0.2) is 0 Å². The van der Waals surface area contributed by atoms with E-state index < -0.39 is 0 Å². The lowest BCUT2D eigenvalue weighted by Gasteiger charge is -2.18. The molecule has 0 rings (SSSR count). The number of rotatable bonds is 6. The Morgan fingerprint density at radius 2 is 1.64 bits per heavy atom. The molecule has 11 heavy (non-hydrogen) atoms. The molecule has 0 aliphatic rings. The molecule has 1 radical (unpaired) electrons. The molecular weight excluding hydrogens is 132 g/mol. The summed E-state index contributed by atoms with van der Waals surface area (Å²) in [7, 11) is 0. The predicted octanol–water partition coefficient (Wildman–Crippen LogP) is 4.21. The molecular formula is C11H23. The van der Waals surface area contributed by atoms with Crippen LogP contribution < -0.4 is 0 Å². The van der Waals surface area contributed by atoms with E-state index in [-0.39, 0.29) is 0 Å². The molecule has 0 aliphatic heterocycles. The van der Waals surface area contributed by atoms with E-state index in [0.717, 1.165) is 5.92 Å². The molecule has 0 amide bonds. The lowest BCUT2D eigenvalue weighted by atomic mass is 9.87. The van der Waals surface area contributed by atoms with E-state index in [9.17, 15) is 0 Å². The average molecular weight is 155 g/mol. The van der Waals surface area contributed by atoms with Crippen molar-refractivity contribution in [2.45, 2.75) is 59.8 Å². The first-order chi connectivity index (χ1) is 5.22. The standard InChI is InChI=1S/C11H23/c1-5-7-9-11(8-6-2)10(3)4/h10H,5-9H2,1-4H3. The van der Waals surface area contributed by atoms with Crippen LogP contribution in [0, 0.1) is 11.8 Å². The molecule has 0 bridgehead atoms. The topological polar surface area (TPSA) is 0 Å². The van der Waals surface area contributed by atoms with E-state index in [1.54, 1.807) is 5.92 Å². The third-order valence-electron chi connectivity index (χ3n) is 2.24. The van der Waals surface area contributed by atoms with E-state index in [1.807, 2.05) is 0 Å².